The minimum Gasteiger partial charge on any atom is -0.477 e. The number of thioether (sulfide) groups is 2. The van der Waals surface area contributed by atoms with Crippen LogP contribution in [0.15, 0.2) is 101 Å². The first-order valence-corrected chi connectivity index (χ1v) is 24.7. The molecule has 2 saturated heterocycles. The first-order valence-electron chi connectivity index (χ1n) is 22.6. The average Bonchev–Trinajstić information content (AvgIpc) is 3.78. The number of anilines is 1. The van der Waals surface area contributed by atoms with Crippen molar-refractivity contribution in [2.24, 2.45) is 7.05 Å². The molecule has 26 heteroatoms. The van der Waals surface area contributed by atoms with Crippen molar-refractivity contribution in [3.8, 4) is 0 Å². The van der Waals surface area contributed by atoms with Crippen LogP contribution in [0.2, 0.25) is 0 Å². The topological polar surface area (TPSA) is 303 Å². The maximum absolute atomic E-state index is 14.2. The van der Waals surface area contributed by atoms with E-state index >= 15 is 0 Å². The van der Waals surface area contributed by atoms with E-state index in [2.05, 4.69) is 36.8 Å². The number of benzene rings is 3. The number of esters is 1. The lowest BCUT2D eigenvalue weighted by atomic mass is 10.0. The van der Waals surface area contributed by atoms with Crippen molar-refractivity contribution in [3.05, 3.63) is 113 Å². The Morgan fingerprint density at radius 3 is 2.11 bits per heavy atom. The van der Waals surface area contributed by atoms with Gasteiger partial charge >= 0.3 is 42.0 Å². The Bertz CT molecular complexity index is 2750. The minimum atomic E-state index is -1.61. The second kappa shape index (κ2) is 23.0. The zero-order chi connectivity index (χ0) is 52.6. The number of nitrogens with zero attached hydrogens (tertiary/aromatic N) is 7. The summed E-state index contributed by atoms with van der Waals surface area (Å²) >= 11 is 2.40. The molecule has 0 radical (unpaired) electrons. The van der Waals surface area contributed by atoms with Gasteiger partial charge in [0.2, 0.25) is 11.1 Å². The van der Waals surface area contributed by atoms with E-state index in [0.717, 1.165) is 4.90 Å². The SMILES string of the molecule is CCN1CCN(C(=O)N[C@H](C(=O)N[C@@H]2C(=O)N3C(C(=O)O)=C(CSc4nnnn4C)CS[C@H]23)c2ccc(NC(=O)OCC(NC(=O)OC(C)(C)C)C(=O)OC(c3ccccc3)c3ccccc3)cc2)C(=O)C1=O. The van der Waals surface area contributed by atoms with Crippen molar-refractivity contribution in [3.63, 3.8) is 0 Å². The molecule has 0 aliphatic carbocycles. The van der Waals surface area contributed by atoms with Crippen LogP contribution in [0.25, 0.3) is 0 Å². The highest BCUT2D eigenvalue weighted by Crippen LogP contribution is 2.42. The van der Waals surface area contributed by atoms with Crippen molar-refractivity contribution in [2.45, 2.75) is 68.1 Å². The van der Waals surface area contributed by atoms with Crippen molar-refractivity contribution >= 4 is 83.0 Å². The van der Waals surface area contributed by atoms with Crippen molar-refractivity contribution < 1.29 is 62.5 Å². The molecule has 24 nitrogen and oxygen atoms in total. The number of imide groups is 1. The Balaban J connectivity index is 1.05. The van der Waals surface area contributed by atoms with E-state index in [1.807, 2.05) is 0 Å². The Kier molecular flexibility index (Phi) is 16.7. The first kappa shape index (κ1) is 52.8. The molecule has 0 bridgehead atoms. The Labute approximate surface area is 425 Å². The number of rotatable bonds is 17. The average molecular weight is 1040 g/mol. The van der Waals surface area contributed by atoms with Crippen LogP contribution < -0.4 is 21.3 Å². The van der Waals surface area contributed by atoms with Gasteiger partial charge in [-0.1, -0.05) is 84.6 Å². The van der Waals surface area contributed by atoms with Crippen molar-refractivity contribution in [1.29, 1.82) is 0 Å². The number of carbonyl (C=O) groups excluding carboxylic acids is 8. The smallest absolute Gasteiger partial charge is 0.411 e. The van der Waals surface area contributed by atoms with E-state index in [0.29, 0.717) is 26.8 Å². The third-order valence-corrected chi connectivity index (χ3v) is 13.7. The number of fused-ring (bicyclic) bond motifs is 1. The molecule has 3 aliphatic rings. The highest BCUT2D eigenvalue weighted by Gasteiger charge is 2.54. The standard InChI is InChI=1S/C47H51N11O13S2/c1-6-56-21-22-57(39(62)38(56)61)43(66)51-32(36(59)50-33-37(60)58-34(41(63)64)29(24-72-40(33)58)25-73-44-52-53-54-55(44)5)26-17-19-30(20-18-26)48-45(67)69-23-31(49-46(68)71-47(2,3)4)42(65)70-35(27-13-9-7-10-14-27)28-15-11-8-12-16-28/h7-20,31-33,35,40H,6,21-25H2,1-5H3,(H,48,67)(H,49,68)(H,50,59)(H,51,66)(H,63,64)/t31?,32-,33+,40+/m0/s1. The van der Waals surface area contributed by atoms with Crippen LogP contribution in [0.1, 0.15) is 56.5 Å². The molecule has 384 valence electrons. The number of hydrogen-bond donors (Lipinski definition) is 5. The van der Waals surface area contributed by atoms with E-state index in [1.165, 1.54) is 57.4 Å². The Hall–Kier alpha value is -8.00. The molecule has 1 aromatic heterocycles. The van der Waals surface area contributed by atoms with Crippen LogP contribution in [0.3, 0.4) is 0 Å². The molecule has 4 atom stereocenters. The number of carboxylic acid groups (broad SMARTS) is 1. The van der Waals surface area contributed by atoms with Crippen LogP contribution in [-0.2, 0) is 50.0 Å². The molecule has 8 amide bonds. The van der Waals surface area contributed by atoms with E-state index in [9.17, 15) is 48.3 Å². The summed E-state index contributed by atoms with van der Waals surface area (Å²) in [4.78, 5) is 123. The zero-order valence-corrected chi connectivity index (χ0v) is 41.6. The molecule has 3 aromatic carbocycles. The number of carbonyl (C=O) groups is 9. The second-order valence-corrected chi connectivity index (χ2v) is 19.5. The number of piperazine rings is 1. The van der Waals surface area contributed by atoms with Gasteiger partial charge in [0.15, 0.2) is 12.1 Å². The van der Waals surface area contributed by atoms with Gasteiger partial charge in [0.25, 0.3) is 5.91 Å². The summed E-state index contributed by atoms with van der Waals surface area (Å²) in [5, 5.41) is 31.1. The Morgan fingerprint density at radius 2 is 1.52 bits per heavy atom. The number of hydrogen-bond acceptors (Lipinski definition) is 17. The van der Waals surface area contributed by atoms with Gasteiger partial charge in [-0.25, -0.2) is 28.7 Å². The monoisotopic (exact) mass is 1040 g/mol. The lowest BCUT2D eigenvalue weighted by molar-refractivity contribution is -0.153. The van der Waals surface area contributed by atoms with Gasteiger partial charge in [0, 0.05) is 43.9 Å². The summed E-state index contributed by atoms with van der Waals surface area (Å²) in [7, 11) is 1.62. The molecule has 4 aromatic rings. The quantitative estimate of drug-likeness (QED) is 0.0334. The predicted molar refractivity (Wildman–Crippen MR) is 260 cm³/mol. The molecule has 2 fully saturated rings. The number of ether oxygens (including phenoxy) is 3. The second-order valence-electron chi connectivity index (χ2n) is 17.4. The summed E-state index contributed by atoms with van der Waals surface area (Å²) in [6.45, 7) is 5.94. The maximum atomic E-state index is 14.2. The fourth-order valence-electron chi connectivity index (χ4n) is 7.67. The number of amides is 8. The molecule has 3 aliphatic heterocycles. The number of β-lactam (4-membered cyclic amide) rings is 1. The molecule has 73 heavy (non-hydrogen) atoms. The molecule has 4 heterocycles. The zero-order valence-electron chi connectivity index (χ0n) is 40.0. The summed E-state index contributed by atoms with van der Waals surface area (Å²) in [6, 6.07) is 17.7. The number of aromatic nitrogens is 4. The number of aliphatic carboxylic acids is 1. The molecular weight excluding hydrogens is 991 g/mol. The summed E-state index contributed by atoms with van der Waals surface area (Å²) in [5.41, 5.74) is 0.707. The minimum absolute atomic E-state index is 0.0451. The first-order chi connectivity index (χ1) is 34.8. The van der Waals surface area contributed by atoms with Crippen LogP contribution in [0.5, 0.6) is 0 Å². The molecule has 0 spiro atoms. The van der Waals surface area contributed by atoms with Crippen LogP contribution in [0.4, 0.5) is 20.1 Å². The largest absolute Gasteiger partial charge is 0.477 e. The number of nitrogens with one attached hydrogen (secondary N) is 4. The number of urea groups is 1. The van der Waals surface area contributed by atoms with Crippen LogP contribution in [0, 0.1) is 0 Å². The van der Waals surface area contributed by atoms with E-state index in [1.54, 1.807) is 95.4 Å². The molecule has 7 rings (SSSR count). The fourth-order valence-corrected chi connectivity index (χ4v) is 10.0. The number of likely N-dealkylation sites (N-methyl/N-ethyl adjacent to an activating group) is 1. The number of carboxylic acids is 1. The van der Waals surface area contributed by atoms with Gasteiger partial charge in [0.1, 0.15) is 35.4 Å². The number of alkyl carbamates (subject to hydrolysis) is 1. The molecule has 1 unspecified atom stereocenters. The highest BCUT2D eigenvalue weighted by molar-refractivity contribution is 8.01. The van der Waals surface area contributed by atoms with E-state index < -0.39 is 95.6 Å². The highest BCUT2D eigenvalue weighted by atomic mass is 32.2. The van der Waals surface area contributed by atoms with E-state index in [4.69, 9.17) is 14.2 Å². The van der Waals surface area contributed by atoms with Crippen molar-refractivity contribution in [2.75, 3.05) is 43.1 Å². The fraction of sp³-hybridized carbons (Fsp3) is 0.362. The third-order valence-electron chi connectivity index (χ3n) is 11.3. The van der Waals surface area contributed by atoms with Crippen LogP contribution in [-0.4, -0.2) is 155 Å². The number of tetrazole rings is 1. The number of aryl methyl sites for hydroxylation is 1. The molecular formula is C47H51N11O13S2. The van der Waals surface area contributed by atoms with E-state index in [-0.39, 0.29) is 48.1 Å². The van der Waals surface area contributed by atoms with Gasteiger partial charge in [-0.15, -0.1) is 16.9 Å². The summed E-state index contributed by atoms with van der Waals surface area (Å²) in [5.74, 6) is -5.64. The molecule has 0 saturated carbocycles. The Morgan fingerprint density at radius 1 is 0.863 bits per heavy atom. The summed E-state index contributed by atoms with van der Waals surface area (Å²) in [6.07, 6.45) is -2.95. The van der Waals surface area contributed by atoms with Gasteiger partial charge in [-0.2, -0.15) is 0 Å². The lowest BCUT2D eigenvalue weighted by Gasteiger charge is -2.49. The third kappa shape index (κ3) is 12.7. The molecule has 5 N–H and O–H groups in total. The normalized spacial score (nSPS) is 17.5. The van der Waals surface area contributed by atoms with Gasteiger partial charge in [-0.3, -0.25) is 34.3 Å². The van der Waals surface area contributed by atoms with Gasteiger partial charge < -0.3 is 40.2 Å². The maximum Gasteiger partial charge on any atom is 0.411 e. The predicted octanol–water partition coefficient (Wildman–Crippen LogP) is 2.96. The van der Waals surface area contributed by atoms with Crippen molar-refractivity contribution in [1.82, 2.24) is 50.9 Å². The van der Waals surface area contributed by atoms with Crippen LogP contribution >= 0.6 is 23.5 Å². The van der Waals surface area contributed by atoms with Gasteiger partial charge in [0.05, 0.1) is 0 Å². The lowest BCUT2D eigenvalue weighted by Crippen LogP contribution is -2.71. The summed E-state index contributed by atoms with van der Waals surface area (Å²) < 4.78 is 18.1. The van der Waals surface area contributed by atoms with Gasteiger partial charge in [-0.05, 0) is 72.5 Å².